The zero-order chi connectivity index (χ0) is 12.6. The third kappa shape index (κ3) is 2.10. The lowest BCUT2D eigenvalue weighted by Gasteiger charge is -2.49. The summed E-state index contributed by atoms with van der Waals surface area (Å²) in [4.78, 5) is 10.1. The van der Waals surface area contributed by atoms with Crippen LogP contribution in [0.4, 0.5) is 5.69 Å². The van der Waals surface area contributed by atoms with Gasteiger partial charge in [0.15, 0.2) is 0 Å². The lowest BCUT2D eigenvalue weighted by molar-refractivity contribution is -0.384. The number of nitrogens with zero attached hydrogens (tertiary/aromatic N) is 1. The van der Waals surface area contributed by atoms with E-state index in [-0.39, 0.29) is 23.2 Å². The molecule has 0 heterocycles. The van der Waals surface area contributed by atoms with E-state index in [1.54, 1.807) is 12.1 Å². The van der Waals surface area contributed by atoms with Crippen molar-refractivity contribution < 1.29 is 9.66 Å². The number of hydrogen-bond donors (Lipinski definition) is 1. The molecule has 0 spiro atoms. The predicted molar refractivity (Wildman–Crippen MR) is 63.9 cm³/mol. The third-order valence-electron chi connectivity index (χ3n) is 3.58. The maximum atomic E-state index is 10.5. The maximum absolute atomic E-state index is 10.5. The molecule has 0 bridgehead atoms. The van der Waals surface area contributed by atoms with E-state index in [2.05, 4.69) is 13.8 Å². The lowest BCUT2D eigenvalue weighted by Crippen LogP contribution is -2.60. The van der Waals surface area contributed by atoms with Crippen molar-refractivity contribution in [2.24, 2.45) is 11.1 Å². The Bertz CT molecular complexity index is 428. The zero-order valence-electron chi connectivity index (χ0n) is 9.92. The monoisotopic (exact) mass is 236 g/mol. The highest BCUT2D eigenvalue weighted by Crippen LogP contribution is 2.41. The number of nitro groups is 1. The molecule has 2 rings (SSSR count). The summed E-state index contributed by atoms with van der Waals surface area (Å²) >= 11 is 0. The Morgan fingerprint density at radius 2 is 2.00 bits per heavy atom. The standard InChI is InChI=1S/C12H16N2O3/c1-12(2)10(13)7-11(12)17-9-5-3-8(4-6-9)14(15)16/h3-6,10-11H,7,13H2,1-2H3. The molecule has 0 radical (unpaired) electrons. The second-order valence-corrected chi connectivity index (χ2v) is 5.02. The van der Waals surface area contributed by atoms with Crippen LogP contribution in [0.3, 0.4) is 0 Å². The van der Waals surface area contributed by atoms with Crippen molar-refractivity contribution in [2.45, 2.75) is 32.4 Å². The Balaban J connectivity index is 2.03. The summed E-state index contributed by atoms with van der Waals surface area (Å²) in [7, 11) is 0. The SMILES string of the molecule is CC1(C)C(N)CC1Oc1ccc([N+](=O)[O-])cc1. The first-order chi connectivity index (χ1) is 7.91. The van der Waals surface area contributed by atoms with Crippen molar-refractivity contribution in [3.8, 4) is 5.75 Å². The van der Waals surface area contributed by atoms with Crippen LogP contribution in [-0.2, 0) is 0 Å². The minimum Gasteiger partial charge on any atom is -0.490 e. The first kappa shape index (κ1) is 11.9. The quantitative estimate of drug-likeness (QED) is 0.644. The van der Waals surface area contributed by atoms with E-state index in [0.717, 1.165) is 6.42 Å². The van der Waals surface area contributed by atoms with Gasteiger partial charge in [-0.1, -0.05) is 13.8 Å². The molecule has 0 aromatic heterocycles. The molecule has 17 heavy (non-hydrogen) atoms. The van der Waals surface area contributed by atoms with E-state index in [1.807, 2.05) is 0 Å². The van der Waals surface area contributed by atoms with E-state index < -0.39 is 4.92 Å². The van der Waals surface area contributed by atoms with Gasteiger partial charge in [-0.05, 0) is 12.1 Å². The molecule has 0 aliphatic heterocycles. The molecule has 0 saturated heterocycles. The van der Waals surface area contributed by atoms with Crippen molar-refractivity contribution in [1.82, 2.24) is 0 Å². The number of non-ortho nitro benzene ring substituents is 1. The molecule has 2 atom stereocenters. The van der Waals surface area contributed by atoms with Crippen molar-refractivity contribution in [3.05, 3.63) is 34.4 Å². The molecule has 2 unspecified atom stereocenters. The molecule has 5 nitrogen and oxygen atoms in total. The minimum atomic E-state index is -0.424. The largest absolute Gasteiger partial charge is 0.490 e. The second-order valence-electron chi connectivity index (χ2n) is 5.02. The number of nitrogens with two attached hydrogens (primary N) is 1. The summed E-state index contributed by atoms with van der Waals surface area (Å²) in [5, 5.41) is 10.5. The van der Waals surface area contributed by atoms with Crippen LogP contribution in [0.1, 0.15) is 20.3 Å². The third-order valence-corrected chi connectivity index (χ3v) is 3.58. The van der Waals surface area contributed by atoms with Crippen LogP contribution in [-0.4, -0.2) is 17.1 Å². The number of hydrogen-bond acceptors (Lipinski definition) is 4. The Kier molecular flexibility index (Phi) is 2.79. The van der Waals surface area contributed by atoms with E-state index in [0.29, 0.717) is 5.75 Å². The van der Waals surface area contributed by atoms with Gasteiger partial charge in [-0.2, -0.15) is 0 Å². The highest BCUT2D eigenvalue weighted by Gasteiger charge is 2.47. The van der Waals surface area contributed by atoms with Gasteiger partial charge in [0.1, 0.15) is 11.9 Å². The van der Waals surface area contributed by atoms with Crippen molar-refractivity contribution in [3.63, 3.8) is 0 Å². The molecule has 2 N–H and O–H groups in total. The normalized spacial score (nSPS) is 26.1. The summed E-state index contributed by atoms with van der Waals surface area (Å²) in [6, 6.07) is 6.29. The van der Waals surface area contributed by atoms with E-state index in [9.17, 15) is 10.1 Å². The molecule has 5 heteroatoms. The summed E-state index contributed by atoms with van der Waals surface area (Å²) in [6.07, 6.45) is 0.906. The van der Waals surface area contributed by atoms with Crippen LogP contribution in [0, 0.1) is 15.5 Å². The van der Waals surface area contributed by atoms with Gasteiger partial charge in [0.2, 0.25) is 0 Å². The fourth-order valence-corrected chi connectivity index (χ4v) is 1.93. The smallest absolute Gasteiger partial charge is 0.269 e. The van der Waals surface area contributed by atoms with Gasteiger partial charge in [-0.15, -0.1) is 0 Å². The van der Waals surface area contributed by atoms with Gasteiger partial charge in [0.05, 0.1) is 4.92 Å². The fraction of sp³-hybridized carbons (Fsp3) is 0.500. The highest BCUT2D eigenvalue weighted by atomic mass is 16.6. The van der Waals surface area contributed by atoms with Gasteiger partial charge >= 0.3 is 0 Å². The van der Waals surface area contributed by atoms with E-state index in [1.165, 1.54) is 12.1 Å². The Labute approximate surface area is 99.7 Å². The number of rotatable bonds is 3. The lowest BCUT2D eigenvalue weighted by atomic mass is 9.65. The topological polar surface area (TPSA) is 78.4 Å². The summed E-state index contributed by atoms with van der Waals surface area (Å²) in [5.74, 6) is 0.653. The van der Waals surface area contributed by atoms with Gasteiger partial charge < -0.3 is 10.5 Å². The van der Waals surface area contributed by atoms with Gasteiger partial charge in [0, 0.05) is 30.0 Å². The number of benzene rings is 1. The molecular weight excluding hydrogens is 220 g/mol. The van der Waals surface area contributed by atoms with Gasteiger partial charge in [0.25, 0.3) is 5.69 Å². The predicted octanol–water partition coefficient (Wildman–Crippen LogP) is 2.10. The molecule has 1 aromatic rings. The molecule has 1 fully saturated rings. The van der Waals surface area contributed by atoms with Crippen LogP contribution in [0.15, 0.2) is 24.3 Å². The molecular formula is C12H16N2O3. The van der Waals surface area contributed by atoms with Gasteiger partial charge in [-0.25, -0.2) is 0 Å². The minimum absolute atomic E-state index is 0.0399. The van der Waals surface area contributed by atoms with E-state index >= 15 is 0 Å². The Morgan fingerprint density at radius 3 is 2.41 bits per heavy atom. The van der Waals surface area contributed by atoms with Crippen LogP contribution in [0.5, 0.6) is 5.75 Å². The molecule has 1 aromatic carbocycles. The maximum Gasteiger partial charge on any atom is 0.269 e. The number of nitro benzene ring substituents is 1. The average molecular weight is 236 g/mol. The Morgan fingerprint density at radius 1 is 1.41 bits per heavy atom. The van der Waals surface area contributed by atoms with Crippen LogP contribution >= 0.6 is 0 Å². The first-order valence-corrected chi connectivity index (χ1v) is 5.58. The molecule has 0 amide bonds. The average Bonchev–Trinajstić information content (AvgIpc) is 2.29. The van der Waals surface area contributed by atoms with Crippen LogP contribution in [0.25, 0.3) is 0 Å². The highest BCUT2D eigenvalue weighted by molar-refractivity contribution is 5.36. The molecule has 1 aliphatic carbocycles. The van der Waals surface area contributed by atoms with Crippen LogP contribution < -0.4 is 10.5 Å². The Hall–Kier alpha value is -1.62. The molecule has 1 saturated carbocycles. The fourth-order valence-electron chi connectivity index (χ4n) is 1.93. The van der Waals surface area contributed by atoms with Crippen molar-refractivity contribution in [2.75, 3.05) is 0 Å². The van der Waals surface area contributed by atoms with Gasteiger partial charge in [-0.3, -0.25) is 10.1 Å². The molecule has 1 aliphatic rings. The zero-order valence-corrected chi connectivity index (χ0v) is 9.92. The summed E-state index contributed by atoms with van der Waals surface area (Å²) in [5.41, 5.74) is 5.93. The van der Waals surface area contributed by atoms with Crippen molar-refractivity contribution >= 4 is 5.69 Å². The van der Waals surface area contributed by atoms with E-state index in [4.69, 9.17) is 10.5 Å². The number of ether oxygens (including phenoxy) is 1. The summed E-state index contributed by atoms with van der Waals surface area (Å²) in [6.45, 7) is 4.13. The van der Waals surface area contributed by atoms with Crippen LogP contribution in [0.2, 0.25) is 0 Å². The molecule has 92 valence electrons. The first-order valence-electron chi connectivity index (χ1n) is 5.58. The summed E-state index contributed by atoms with van der Waals surface area (Å²) < 4.78 is 5.77. The second kappa shape index (κ2) is 4.00. The van der Waals surface area contributed by atoms with Crippen molar-refractivity contribution in [1.29, 1.82) is 0 Å².